The summed E-state index contributed by atoms with van der Waals surface area (Å²) in [7, 11) is 0. The summed E-state index contributed by atoms with van der Waals surface area (Å²) in [6, 6.07) is 4.78. The van der Waals surface area contributed by atoms with E-state index in [0.717, 1.165) is 0 Å². The molecule has 7 nitrogen and oxygen atoms in total. The van der Waals surface area contributed by atoms with Crippen LogP contribution in [0, 0.1) is 10.1 Å². The first-order valence-corrected chi connectivity index (χ1v) is 6.19. The number of nitrogens with zero attached hydrogens (tertiary/aromatic N) is 1. The first kappa shape index (κ1) is 15.6. The number of nitrogens with one attached hydrogen (secondary N) is 1. The Hall–Kier alpha value is -2.44. The van der Waals surface area contributed by atoms with E-state index in [2.05, 4.69) is 5.32 Å². The lowest BCUT2D eigenvalue weighted by atomic mass is 10.1. The van der Waals surface area contributed by atoms with Crippen molar-refractivity contribution in [3.8, 4) is 0 Å². The van der Waals surface area contributed by atoms with Gasteiger partial charge < -0.3 is 10.4 Å². The van der Waals surface area contributed by atoms with Crippen molar-refractivity contribution in [2.45, 2.75) is 32.2 Å². The average molecular weight is 280 g/mol. The van der Waals surface area contributed by atoms with E-state index in [-0.39, 0.29) is 12.1 Å². The summed E-state index contributed by atoms with van der Waals surface area (Å²) in [6.07, 6.45) is 0.888. The zero-order valence-electron chi connectivity index (χ0n) is 11.0. The third kappa shape index (κ3) is 4.68. The second-order valence-corrected chi connectivity index (χ2v) is 4.35. The summed E-state index contributed by atoms with van der Waals surface area (Å²) in [5, 5.41) is 22.0. The van der Waals surface area contributed by atoms with E-state index in [1.807, 2.05) is 6.92 Å². The molecule has 0 aliphatic rings. The van der Waals surface area contributed by atoms with Crippen molar-refractivity contribution in [3.05, 3.63) is 39.9 Å². The number of nitro benzene ring substituents is 1. The highest BCUT2D eigenvalue weighted by Crippen LogP contribution is 2.13. The van der Waals surface area contributed by atoms with Crippen LogP contribution in [0.3, 0.4) is 0 Å². The molecule has 1 rings (SSSR count). The maximum absolute atomic E-state index is 11.7. The summed E-state index contributed by atoms with van der Waals surface area (Å²) in [5.41, 5.74) is 0.371. The van der Waals surface area contributed by atoms with Gasteiger partial charge in [0.25, 0.3) is 5.69 Å². The van der Waals surface area contributed by atoms with Crippen LogP contribution in [0.15, 0.2) is 24.3 Å². The molecular weight excluding hydrogens is 264 g/mol. The Morgan fingerprint density at radius 1 is 1.45 bits per heavy atom. The zero-order chi connectivity index (χ0) is 15.1. The lowest BCUT2D eigenvalue weighted by Crippen LogP contribution is -2.41. The summed E-state index contributed by atoms with van der Waals surface area (Å²) < 4.78 is 0. The minimum Gasteiger partial charge on any atom is -0.480 e. The number of rotatable bonds is 7. The Bertz CT molecular complexity index is 515. The van der Waals surface area contributed by atoms with Gasteiger partial charge in [0.1, 0.15) is 6.04 Å². The number of aliphatic carboxylic acids is 1. The number of carboxylic acid groups (broad SMARTS) is 1. The molecule has 0 spiro atoms. The summed E-state index contributed by atoms with van der Waals surface area (Å²) >= 11 is 0. The number of nitro groups is 1. The number of amides is 1. The fourth-order valence-corrected chi connectivity index (χ4v) is 1.76. The molecular formula is C13H16N2O5. The van der Waals surface area contributed by atoms with Crippen LogP contribution in [0.5, 0.6) is 0 Å². The maximum atomic E-state index is 11.7. The predicted molar refractivity (Wildman–Crippen MR) is 71.3 cm³/mol. The molecule has 0 fully saturated rings. The molecule has 108 valence electrons. The molecule has 1 amide bonds. The van der Waals surface area contributed by atoms with Gasteiger partial charge in [-0.25, -0.2) is 4.79 Å². The van der Waals surface area contributed by atoms with E-state index in [0.29, 0.717) is 18.4 Å². The third-order valence-electron chi connectivity index (χ3n) is 2.70. The Labute approximate surface area is 115 Å². The molecule has 0 aliphatic carbocycles. The van der Waals surface area contributed by atoms with E-state index in [4.69, 9.17) is 5.11 Å². The normalized spacial score (nSPS) is 11.7. The summed E-state index contributed by atoms with van der Waals surface area (Å²) in [4.78, 5) is 32.7. The first-order valence-electron chi connectivity index (χ1n) is 6.19. The average Bonchev–Trinajstić information content (AvgIpc) is 2.38. The van der Waals surface area contributed by atoms with E-state index in [9.17, 15) is 19.7 Å². The van der Waals surface area contributed by atoms with E-state index in [1.54, 1.807) is 6.07 Å². The van der Waals surface area contributed by atoms with Crippen molar-refractivity contribution in [2.24, 2.45) is 0 Å². The molecule has 0 bridgehead atoms. The Morgan fingerprint density at radius 2 is 2.15 bits per heavy atom. The van der Waals surface area contributed by atoms with Crippen LogP contribution in [0.1, 0.15) is 25.3 Å². The highest BCUT2D eigenvalue weighted by molar-refractivity contribution is 5.84. The molecule has 0 saturated heterocycles. The van der Waals surface area contributed by atoms with Crippen LogP contribution in [-0.4, -0.2) is 27.9 Å². The van der Waals surface area contributed by atoms with Crippen LogP contribution >= 0.6 is 0 Å². The molecule has 0 heterocycles. The number of carbonyl (C=O) groups excluding carboxylic acids is 1. The Kier molecular flexibility index (Phi) is 5.64. The van der Waals surface area contributed by atoms with E-state index < -0.39 is 22.8 Å². The third-order valence-corrected chi connectivity index (χ3v) is 2.70. The standard InChI is InChI=1S/C13H16N2O5/c1-2-4-11(13(17)18)14-12(16)8-9-5-3-6-10(7-9)15(19)20/h3,5-7,11H,2,4,8H2,1H3,(H,14,16)(H,17,18)/t11-/m1/s1. The number of hydrogen-bond donors (Lipinski definition) is 2. The second-order valence-electron chi connectivity index (χ2n) is 4.35. The maximum Gasteiger partial charge on any atom is 0.326 e. The molecule has 0 radical (unpaired) electrons. The lowest BCUT2D eigenvalue weighted by Gasteiger charge is -2.13. The van der Waals surface area contributed by atoms with Crippen molar-refractivity contribution in [1.82, 2.24) is 5.32 Å². The van der Waals surface area contributed by atoms with Crippen molar-refractivity contribution in [1.29, 1.82) is 0 Å². The molecule has 20 heavy (non-hydrogen) atoms. The minimum atomic E-state index is -1.08. The number of hydrogen-bond acceptors (Lipinski definition) is 4. The largest absolute Gasteiger partial charge is 0.480 e. The molecule has 2 N–H and O–H groups in total. The van der Waals surface area contributed by atoms with Crippen molar-refractivity contribution < 1.29 is 19.6 Å². The number of benzene rings is 1. The fraction of sp³-hybridized carbons (Fsp3) is 0.385. The highest BCUT2D eigenvalue weighted by Gasteiger charge is 2.19. The monoisotopic (exact) mass is 280 g/mol. The van der Waals surface area contributed by atoms with Gasteiger partial charge in [-0.1, -0.05) is 25.5 Å². The highest BCUT2D eigenvalue weighted by atomic mass is 16.6. The van der Waals surface area contributed by atoms with Gasteiger partial charge in [0.2, 0.25) is 5.91 Å². The van der Waals surface area contributed by atoms with Crippen molar-refractivity contribution in [3.63, 3.8) is 0 Å². The van der Waals surface area contributed by atoms with E-state index in [1.165, 1.54) is 18.2 Å². The number of carbonyl (C=O) groups is 2. The summed E-state index contributed by atoms with van der Waals surface area (Å²) in [5.74, 6) is -1.55. The quantitative estimate of drug-likeness (QED) is 0.581. The fourth-order valence-electron chi connectivity index (χ4n) is 1.76. The first-order chi connectivity index (χ1) is 9.43. The molecule has 1 aromatic rings. The second kappa shape index (κ2) is 7.22. The molecule has 0 unspecified atom stereocenters. The van der Waals surface area contributed by atoms with Crippen molar-refractivity contribution in [2.75, 3.05) is 0 Å². The van der Waals surface area contributed by atoms with Gasteiger partial charge in [-0.05, 0) is 12.0 Å². The number of non-ortho nitro benzene ring substituents is 1. The van der Waals surface area contributed by atoms with Crippen LogP contribution in [0.4, 0.5) is 5.69 Å². The van der Waals surface area contributed by atoms with Gasteiger partial charge in [-0.2, -0.15) is 0 Å². The van der Waals surface area contributed by atoms with Gasteiger partial charge >= 0.3 is 5.97 Å². The lowest BCUT2D eigenvalue weighted by molar-refractivity contribution is -0.384. The molecule has 0 aromatic heterocycles. The van der Waals surface area contributed by atoms with Crippen LogP contribution < -0.4 is 5.32 Å². The van der Waals surface area contributed by atoms with Gasteiger partial charge in [0.05, 0.1) is 11.3 Å². The van der Waals surface area contributed by atoms with Gasteiger partial charge in [-0.15, -0.1) is 0 Å². The van der Waals surface area contributed by atoms with Gasteiger partial charge in [0, 0.05) is 12.1 Å². The minimum absolute atomic E-state index is 0.0881. The molecule has 0 aliphatic heterocycles. The van der Waals surface area contributed by atoms with Crippen LogP contribution in [-0.2, 0) is 16.0 Å². The Morgan fingerprint density at radius 3 is 2.70 bits per heavy atom. The molecule has 1 atom stereocenters. The smallest absolute Gasteiger partial charge is 0.326 e. The predicted octanol–water partition coefficient (Wildman–Crippen LogP) is 1.51. The van der Waals surface area contributed by atoms with Crippen LogP contribution in [0.25, 0.3) is 0 Å². The Balaban J connectivity index is 2.68. The number of carboxylic acids is 1. The molecule has 1 aromatic carbocycles. The molecule has 0 saturated carbocycles. The molecule has 7 heteroatoms. The topological polar surface area (TPSA) is 110 Å². The van der Waals surface area contributed by atoms with Crippen LogP contribution in [0.2, 0.25) is 0 Å². The zero-order valence-corrected chi connectivity index (χ0v) is 11.0. The van der Waals surface area contributed by atoms with E-state index >= 15 is 0 Å². The SMILES string of the molecule is CCC[C@@H](NC(=O)Cc1cccc([N+](=O)[O-])c1)C(=O)O. The van der Waals surface area contributed by atoms with Gasteiger partial charge in [0.15, 0.2) is 0 Å². The van der Waals surface area contributed by atoms with Gasteiger partial charge in [-0.3, -0.25) is 14.9 Å². The summed E-state index contributed by atoms with van der Waals surface area (Å²) in [6.45, 7) is 1.82. The van der Waals surface area contributed by atoms with Crippen molar-refractivity contribution >= 4 is 17.6 Å².